The fourth-order valence-electron chi connectivity index (χ4n) is 4.07. The number of carbonyl (C=O) groups excluding carboxylic acids is 1. The third-order valence-corrected chi connectivity index (χ3v) is 6.19. The third kappa shape index (κ3) is 6.79. The minimum atomic E-state index is -0.374. The molecule has 1 fully saturated rings. The second-order valence-electron chi connectivity index (χ2n) is 8.57. The SMILES string of the molecule is Cc1cccc(COC(CN2CCN(C(=O)Nc3cccc(F)c3)CC2)c2ccc(Cl)cc2)c1. The van der Waals surface area contributed by atoms with Gasteiger partial charge in [0.05, 0.1) is 12.7 Å². The van der Waals surface area contributed by atoms with Crippen molar-refractivity contribution >= 4 is 23.3 Å². The first kappa shape index (κ1) is 24.2. The summed E-state index contributed by atoms with van der Waals surface area (Å²) in [5.41, 5.74) is 3.87. The largest absolute Gasteiger partial charge is 0.368 e. The summed E-state index contributed by atoms with van der Waals surface area (Å²) in [7, 11) is 0. The number of urea groups is 1. The molecule has 1 saturated heterocycles. The maximum atomic E-state index is 13.4. The van der Waals surface area contributed by atoms with Crippen molar-refractivity contribution in [2.45, 2.75) is 19.6 Å². The molecule has 0 saturated carbocycles. The molecule has 7 heteroatoms. The van der Waals surface area contributed by atoms with Crippen LogP contribution in [0, 0.1) is 12.7 Å². The minimum Gasteiger partial charge on any atom is -0.368 e. The van der Waals surface area contributed by atoms with Crippen LogP contribution in [0.2, 0.25) is 5.02 Å². The average molecular weight is 482 g/mol. The Kier molecular flexibility index (Phi) is 8.16. The van der Waals surface area contributed by atoms with Gasteiger partial charge in [-0.2, -0.15) is 0 Å². The number of nitrogens with one attached hydrogen (secondary N) is 1. The molecule has 0 aromatic heterocycles. The van der Waals surface area contributed by atoms with Gasteiger partial charge in [0, 0.05) is 43.4 Å². The molecule has 1 unspecified atom stereocenters. The molecule has 2 amide bonds. The summed E-state index contributed by atoms with van der Waals surface area (Å²) in [4.78, 5) is 16.6. The lowest BCUT2D eigenvalue weighted by Gasteiger charge is -2.36. The Bertz CT molecular complexity index is 1100. The number of aryl methyl sites for hydroxylation is 1. The minimum absolute atomic E-state index is 0.120. The van der Waals surface area contributed by atoms with Gasteiger partial charge >= 0.3 is 6.03 Å². The van der Waals surface area contributed by atoms with Crippen molar-refractivity contribution < 1.29 is 13.9 Å². The molecule has 1 heterocycles. The molecule has 5 nitrogen and oxygen atoms in total. The van der Waals surface area contributed by atoms with Crippen molar-refractivity contribution in [2.75, 3.05) is 38.0 Å². The van der Waals surface area contributed by atoms with E-state index in [0.29, 0.717) is 37.0 Å². The molecule has 3 aromatic carbocycles. The van der Waals surface area contributed by atoms with Crippen molar-refractivity contribution in [3.8, 4) is 0 Å². The predicted molar refractivity (Wildman–Crippen MR) is 134 cm³/mol. The van der Waals surface area contributed by atoms with Crippen LogP contribution in [0.15, 0.2) is 72.8 Å². The van der Waals surface area contributed by atoms with E-state index < -0.39 is 0 Å². The number of piperazine rings is 1. The van der Waals surface area contributed by atoms with Crippen LogP contribution in [0.5, 0.6) is 0 Å². The van der Waals surface area contributed by atoms with E-state index in [1.807, 2.05) is 30.3 Å². The number of nitrogens with zero attached hydrogens (tertiary/aromatic N) is 2. The Labute approximate surface area is 205 Å². The summed E-state index contributed by atoms with van der Waals surface area (Å²) < 4.78 is 19.8. The van der Waals surface area contributed by atoms with Gasteiger partial charge in [0.15, 0.2) is 0 Å². The zero-order chi connectivity index (χ0) is 23.9. The quantitative estimate of drug-likeness (QED) is 0.457. The number of rotatable bonds is 7. The normalized spacial score (nSPS) is 15.2. The van der Waals surface area contributed by atoms with Gasteiger partial charge in [-0.3, -0.25) is 4.90 Å². The van der Waals surface area contributed by atoms with E-state index in [-0.39, 0.29) is 18.0 Å². The maximum Gasteiger partial charge on any atom is 0.321 e. The molecule has 34 heavy (non-hydrogen) atoms. The number of amides is 2. The number of anilines is 1. The van der Waals surface area contributed by atoms with Crippen molar-refractivity contribution in [2.24, 2.45) is 0 Å². The number of hydrogen-bond donors (Lipinski definition) is 1. The first-order valence-electron chi connectivity index (χ1n) is 11.4. The Balaban J connectivity index is 1.35. The molecule has 1 aliphatic rings. The molecule has 0 spiro atoms. The molecule has 0 aliphatic carbocycles. The van der Waals surface area contributed by atoms with Crippen molar-refractivity contribution in [1.29, 1.82) is 0 Å². The van der Waals surface area contributed by atoms with Crippen LogP contribution in [0.4, 0.5) is 14.9 Å². The van der Waals surface area contributed by atoms with Crippen LogP contribution < -0.4 is 5.32 Å². The van der Waals surface area contributed by atoms with Crippen molar-refractivity contribution in [3.05, 3.63) is 100 Å². The number of halogens is 2. The first-order chi connectivity index (χ1) is 16.5. The van der Waals surface area contributed by atoms with Crippen LogP contribution in [0.25, 0.3) is 0 Å². The monoisotopic (exact) mass is 481 g/mol. The van der Waals surface area contributed by atoms with E-state index in [0.717, 1.165) is 24.2 Å². The Morgan fingerprint density at radius 1 is 1.03 bits per heavy atom. The summed E-state index contributed by atoms with van der Waals surface area (Å²) in [6.45, 7) is 5.95. The zero-order valence-corrected chi connectivity index (χ0v) is 20.0. The molecule has 0 radical (unpaired) electrons. The van der Waals surface area contributed by atoms with Crippen molar-refractivity contribution in [1.82, 2.24) is 9.80 Å². The van der Waals surface area contributed by atoms with Crippen molar-refractivity contribution in [3.63, 3.8) is 0 Å². The van der Waals surface area contributed by atoms with Gasteiger partial charge < -0.3 is 15.0 Å². The van der Waals surface area contributed by atoms with Gasteiger partial charge in [-0.25, -0.2) is 9.18 Å². The highest BCUT2D eigenvalue weighted by Gasteiger charge is 2.24. The summed E-state index contributed by atoms with van der Waals surface area (Å²) in [6, 6.07) is 21.8. The molecule has 1 aliphatic heterocycles. The smallest absolute Gasteiger partial charge is 0.321 e. The van der Waals surface area contributed by atoms with Crippen LogP contribution in [-0.2, 0) is 11.3 Å². The second-order valence-corrected chi connectivity index (χ2v) is 9.00. The van der Waals surface area contributed by atoms with Crippen LogP contribution >= 0.6 is 11.6 Å². The van der Waals surface area contributed by atoms with Crippen LogP contribution in [0.3, 0.4) is 0 Å². The van der Waals surface area contributed by atoms with Gasteiger partial charge in [-0.1, -0.05) is 59.6 Å². The molecule has 3 aromatic rings. The van der Waals surface area contributed by atoms with Gasteiger partial charge in [-0.15, -0.1) is 0 Å². The van der Waals surface area contributed by atoms with Crippen LogP contribution in [0.1, 0.15) is 22.8 Å². The Morgan fingerprint density at radius 3 is 2.47 bits per heavy atom. The lowest BCUT2D eigenvalue weighted by atomic mass is 10.1. The van der Waals surface area contributed by atoms with E-state index in [4.69, 9.17) is 16.3 Å². The predicted octanol–water partition coefficient (Wildman–Crippen LogP) is 5.90. The molecule has 1 atom stereocenters. The lowest BCUT2D eigenvalue weighted by molar-refractivity contribution is 0.00592. The Hall–Kier alpha value is -2.93. The van der Waals surface area contributed by atoms with Gasteiger partial charge in [0.25, 0.3) is 0 Å². The second kappa shape index (κ2) is 11.5. The molecule has 4 rings (SSSR count). The standard InChI is InChI=1S/C27H29ClFN3O2/c1-20-4-2-5-21(16-20)19-34-26(22-8-10-23(28)11-9-22)18-31-12-14-32(15-13-31)27(33)30-25-7-3-6-24(29)17-25/h2-11,16-17,26H,12-15,18-19H2,1H3,(H,30,33). The molecular formula is C27H29ClFN3O2. The van der Waals surface area contributed by atoms with E-state index in [9.17, 15) is 9.18 Å². The topological polar surface area (TPSA) is 44.8 Å². The number of benzene rings is 3. The molecular weight excluding hydrogens is 453 g/mol. The fourth-order valence-corrected chi connectivity index (χ4v) is 4.19. The Morgan fingerprint density at radius 2 is 1.76 bits per heavy atom. The maximum absolute atomic E-state index is 13.4. The highest BCUT2D eigenvalue weighted by molar-refractivity contribution is 6.30. The molecule has 0 bridgehead atoms. The van der Waals surface area contributed by atoms with E-state index >= 15 is 0 Å². The van der Waals surface area contributed by atoms with Gasteiger partial charge in [0.2, 0.25) is 0 Å². The summed E-state index contributed by atoms with van der Waals surface area (Å²) in [5, 5.41) is 3.47. The summed E-state index contributed by atoms with van der Waals surface area (Å²) in [6.07, 6.45) is -0.120. The zero-order valence-electron chi connectivity index (χ0n) is 19.2. The average Bonchev–Trinajstić information content (AvgIpc) is 2.83. The number of carbonyl (C=O) groups is 1. The van der Waals surface area contributed by atoms with Crippen LogP contribution in [-0.4, -0.2) is 48.6 Å². The van der Waals surface area contributed by atoms with Gasteiger partial charge in [-0.05, 0) is 48.4 Å². The highest BCUT2D eigenvalue weighted by atomic mass is 35.5. The third-order valence-electron chi connectivity index (χ3n) is 5.93. The van der Waals surface area contributed by atoms with E-state index in [2.05, 4.69) is 35.3 Å². The summed E-state index contributed by atoms with van der Waals surface area (Å²) in [5.74, 6) is -0.374. The van der Waals surface area contributed by atoms with E-state index in [1.54, 1.807) is 17.0 Å². The molecule has 178 valence electrons. The number of ether oxygens (including phenoxy) is 1. The highest BCUT2D eigenvalue weighted by Crippen LogP contribution is 2.24. The molecule has 1 N–H and O–H groups in total. The van der Waals surface area contributed by atoms with E-state index in [1.165, 1.54) is 17.7 Å². The number of hydrogen-bond acceptors (Lipinski definition) is 3. The first-order valence-corrected chi connectivity index (χ1v) is 11.8. The lowest BCUT2D eigenvalue weighted by Crippen LogP contribution is -2.50. The van der Waals surface area contributed by atoms with Gasteiger partial charge in [0.1, 0.15) is 5.82 Å². The fraction of sp³-hybridized carbons (Fsp3) is 0.296. The summed E-state index contributed by atoms with van der Waals surface area (Å²) >= 11 is 6.10.